The molecule has 0 radical (unpaired) electrons. The molecule has 4 rings (SSSR count). The smallest absolute Gasteiger partial charge is 0.325 e. The molecule has 0 saturated carbocycles. The number of ether oxygens (including phenoxy) is 2. The van der Waals surface area contributed by atoms with Crippen molar-refractivity contribution in [1.29, 1.82) is 0 Å². The maximum Gasteiger partial charge on any atom is 0.325 e. The molecule has 1 aromatic heterocycles. The van der Waals surface area contributed by atoms with Crippen molar-refractivity contribution in [2.45, 2.75) is 25.9 Å². The summed E-state index contributed by atoms with van der Waals surface area (Å²) in [6.07, 6.45) is 2.86. The SMILES string of the molecule is C[C@H]1c2cccn2CCN1CC(=O)NC(=O)Nc1ccc2c(c1)OCCCO2. The van der Waals surface area contributed by atoms with Gasteiger partial charge in [0.05, 0.1) is 19.8 Å². The highest BCUT2D eigenvalue weighted by Gasteiger charge is 2.25. The van der Waals surface area contributed by atoms with Gasteiger partial charge in [-0.05, 0) is 31.2 Å². The Kier molecular flexibility index (Phi) is 5.21. The maximum absolute atomic E-state index is 12.3. The fraction of sp³-hybridized carbons (Fsp3) is 0.400. The maximum atomic E-state index is 12.3. The number of carbonyl (C=O) groups is 2. The van der Waals surface area contributed by atoms with Gasteiger partial charge in [0.2, 0.25) is 5.91 Å². The zero-order valence-corrected chi connectivity index (χ0v) is 15.8. The number of benzene rings is 1. The van der Waals surface area contributed by atoms with Gasteiger partial charge in [0, 0.05) is 49.2 Å². The summed E-state index contributed by atoms with van der Waals surface area (Å²) in [6.45, 7) is 5.01. The summed E-state index contributed by atoms with van der Waals surface area (Å²) < 4.78 is 13.4. The Hall–Kier alpha value is -3.00. The van der Waals surface area contributed by atoms with E-state index in [1.54, 1.807) is 18.2 Å². The number of hydrogen-bond donors (Lipinski definition) is 2. The lowest BCUT2D eigenvalue weighted by Crippen LogP contribution is -2.45. The highest BCUT2D eigenvalue weighted by atomic mass is 16.5. The lowest BCUT2D eigenvalue weighted by Gasteiger charge is -2.34. The van der Waals surface area contributed by atoms with E-state index in [9.17, 15) is 9.59 Å². The highest BCUT2D eigenvalue weighted by molar-refractivity contribution is 6.01. The molecule has 0 saturated heterocycles. The second kappa shape index (κ2) is 7.93. The summed E-state index contributed by atoms with van der Waals surface area (Å²) in [5.41, 5.74) is 1.72. The molecule has 0 unspecified atom stereocenters. The molecule has 0 aliphatic carbocycles. The Bertz CT molecular complexity index is 879. The van der Waals surface area contributed by atoms with Gasteiger partial charge in [-0.1, -0.05) is 0 Å². The Morgan fingerprint density at radius 1 is 1.14 bits per heavy atom. The van der Waals surface area contributed by atoms with Gasteiger partial charge >= 0.3 is 6.03 Å². The Labute approximate surface area is 163 Å². The third-order valence-electron chi connectivity index (χ3n) is 5.07. The molecule has 0 spiro atoms. The normalized spacial score (nSPS) is 18.7. The van der Waals surface area contributed by atoms with Crippen molar-refractivity contribution in [3.63, 3.8) is 0 Å². The van der Waals surface area contributed by atoms with Crippen molar-refractivity contribution < 1.29 is 19.1 Å². The minimum Gasteiger partial charge on any atom is -0.490 e. The molecule has 1 aromatic carbocycles. The van der Waals surface area contributed by atoms with Crippen LogP contribution in [0.5, 0.6) is 11.5 Å². The second-order valence-corrected chi connectivity index (χ2v) is 6.99. The number of fused-ring (bicyclic) bond motifs is 2. The lowest BCUT2D eigenvalue weighted by atomic mass is 10.1. The van der Waals surface area contributed by atoms with Crippen LogP contribution in [0.25, 0.3) is 0 Å². The van der Waals surface area contributed by atoms with E-state index in [2.05, 4.69) is 33.1 Å². The standard InChI is InChI=1S/C20H24N4O4/c1-14-16-4-2-7-23(16)8-9-24(14)13-19(25)22-20(26)21-15-5-6-17-18(12-15)28-11-3-10-27-17/h2,4-7,12,14H,3,8-11,13H2,1H3,(H2,21,22,25,26)/t14-/m0/s1. The fourth-order valence-electron chi connectivity index (χ4n) is 3.60. The number of urea groups is 1. The molecule has 148 valence electrons. The molecule has 0 fully saturated rings. The summed E-state index contributed by atoms with van der Waals surface area (Å²) in [5, 5.41) is 5.07. The summed E-state index contributed by atoms with van der Waals surface area (Å²) >= 11 is 0. The molecule has 3 heterocycles. The van der Waals surface area contributed by atoms with Crippen molar-refractivity contribution >= 4 is 17.6 Å². The topological polar surface area (TPSA) is 84.8 Å². The molecule has 1 atom stereocenters. The predicted molar refractivity (Wildman–Crippen MR) is 104 cm³/mol. The number of nitrogens with zero attached hydrogens (tertiary/aromatic N) is 2. The van der Waals surface area contributed by atoms with E-state index in [0.29, 0.717) is 30.4 Å². The van der Waals surface area contributed by atoms with Crippen LogP contribution in [0, 0.1) is 0 Å². The largest absolute Gasteiger partial charge is 0.490 e. The van der Waals surface area contributed by atoms with Gasteiger partial charge in [-0.15, -0.1) is 0 Å². The van der Waals surface area contributed by atoms with Gasteiger partial charge in [0.1, 0.15) is 0 Å². The first kappa shape index (κ1) is 18.4. The Balaban J connectivity index is 1.31. The van der Waals surface area contributed by atoms with Crippen LogP contribution in [0.1, 0.15) is 25.1 Å². The average Bonchev–Trinajstić information content (AvgIpc) is 3.03. The van der Waals surface area contributed by atoms with E-state index in [0.717, 1.165) is 19.5 Å². The number of hydrogen-bond acceptors (Lipinski definition) is 5. The summed E-state index contributed by atoms with van der Waals surface area (Å²) in [7, 11) is 0. The summed E-state index contributed by atoms with van der Waals surface area (Å²) in [6, 6.07) is 8.81. The molecule has 2 aliphatic heterocycles. The Morgan fingerprint density at radius 2 is 1.96 bits per heavy atom. The van der Waals surface area contributed by atoms with Crippen molar-refractivity contribution in [3.05, 3.63) is 42.2 Å². The van der Waals surface area contributed by atoms with Crippen molar-refractivity contribution in [1.82, 2.24) is 14.8 Å². The van der Waals surface area contributed by atoms with Gasteiger partial charge in [-0.25, -0.2) is 4.79 Å². The molecular formula is C20H24N4O4. The lowest BCUT2D eigenvalue weighted by molar-refractivity contribution is -0.121. The first-order chi connectivity index (χ1) is 13.6. The monoisotopic (exact) mass is 384 g/mol. The number of nitrogens with one attached hydrogen (secondary N) is 2. The minimum atomic E-state index is -0.562. The molecule has 8 heteroatoms. The van der Waals surface area contributed by atoms with Crippen molar-refractivity contribution in [2.24, 2.45) is 0 Å². The minimum absolute atomic E-state index is 0.124. The molecule has 28 heavy (non-hydrogen) atoms. The van der Waals surface area contributed by atoms with E-state index in [4.69, 9.17) is 9.47 Å². The molecule has 3 amide bonds. The third-order valence-corrected chi connectivity index (χ3v) is 5.07. The first-order valence-corrected chi connectivity index (χ1v) is 9.50. The number of imide groups is 1. The van der Waals surface area contributed by atoms with Crippen LogP contribution < -0.4 is 20.1 Å². The van der Waals surface area contributed by atoms with Gasteiger partial charge in [0.25, 0.3) is 0 Å². The quantitative estimate of drug-likeness (QED) is 0.849. The molecular weight excluding hydrogens is 360 g/mol. The number of aromatic nitrogens is 1. The zero-order chi connectivity index (χ0) is 19.5. The summed E-state index contributed by atoms with van der Waals surface area (Å²) in [5.74, 6) is 0.911. The van der Waals surface area contributed by atoms with Gasteiger partial charge < -0.3 is 19.4 Å². The number of carbonyl (C=O) groups excluding carboxylic acids is 2. The first-order valence-electron chi connectivity index (χ1n) is 9.50. The van der Waals surface area contributed by atoms with Crippen LogP contribution in [0.4, 0.5) is 10.5 Å². The molecule has 2 aliphatic rings. The van der Waals surface area contributed by atoms with E-state index < -0.39 is 6.03 Å². The second-order valence-electron chi connectivity index (χ2n) is 6.99. The van der Waals surface area contributed by atoms with Crippen molar-refractivity contribution in [3.8, 4) is 11.5 Å². The number of rotatable bonds is 3. The zero-order valence-electron chi connectivity index (χ0n) is 15.8. The van der Waals surface area contributed by atoms with E-state index in [-0.39, 0.29) is 18.5 Å². The highest BCUT2D eigenvalue weighted by Crippen LogP contribution is 2.32. The average molecular weight is 384 g/mol. The van der Waals surface area contributed by atoms with Crippen molar-refractivity contribution in [2.75, 3.05) is 31.6 Å². The van der Waals surface area contributed by atoms with E-state index in [1.165, 1.54) is 5.69 Å². The number of amides is 3. The molecule has 8 nitrogen and oxygen atoms in total. The summed E-state index contributed by atoms with van der Waals surface area (Å²) in [4.78, 5) is 26.6. The molecule has 0 bridgehead atoms. The van der Waals surface area contributed by atoms with Crippen LogP contribution in [0.15, 0.2) is 36.5 Å². The van der Waals surface area contributed by atoms with E-state index in [1.807, 2.05) is 12.3 Å². The van der Waals surface area contributed by atoms with Gasteiger partial charge in [0.15, 0.2) is 11.5 Å². The van der Waals surface area contributed by atoms with Crippen LogP contribution in [0.3, 0.4) is 0 Å². The van der Waals surface area contributed by atoms with Gasteiger partial charge in [-0.2, -0.15) is 0 Å². The molecule has 2 aromatic rings. The fourth-order valence-corrected chi connectivity index (χ4v) is 3.60. The molecule has 2 N–H and O–H groups in total. The van der Waals surface area contributed by atoms with Crippen LogP contribution >= 0.6 is 0 Å². The predicted octanol–water partition coefficient (Wildman–Crippen LogP) is 2.37. The third kappa shape index (κ3) is 3.96. The van der Waals surface area contributed by atoms with Crippen LogP contribution in [0.2, 0.25) is 0 Å². The van der Waals surface area contributed by atoms with E-state index >= 15 is 0 Å². The van der Waals surface area contributed by atoms with Crippen LogP contribution in [-0.4, -0.2) is 47.7 Å². The van der Waals surface area contributed by atoms with Gasteiger partial charge in [-0.3, -0.25) is 15.0 Å². The Morgan fingerprint density at radius 3 is 2.82 bits per heavy atom. The van der Waals surface area contributed by atoms with Crippen LogP contribution in [-0.2, 0) is 11.3 Å². The number of anilines is 1.